The Morgan fingerprint density at radius 2 is 2.04 bits per heavy atom. The average Bonchev–Trinajstić information content (AvgIpc) is 3.29. The quantitative estimate of drug-likeness (QED) is 0.771. The minimum absolute atomic E-state index is 0.109. The molecular formula is C21H28N4S. The van der Waals surface area contributed by atoms with Crippen molar-refractivity contribution in [2.75, 3.05) is 6.54 Å². The topological polar surface area (TPSA) is 33.1 Å². The van der Waals surface area contributed by atoms with Gasteiger partial charge in [-0.05, 0) is 55.2 Å². The Balaban J connectivity index is 1.65. The first-order chi connectivity index (χ1) is 12.8. The summed E-state index contributed by atoms with van der Waals surface area (Å²) in [4.78, 5) is 6.95. The van der Waals surface area contributed by atoms with Crippen LogP contribution >= 0.6 is 12.2 Å². The first-order valence-electron chi connectivity index (χ1n) is 9.93. The predicted molar refractivity (Wildman–Crippen MR) is 109 cm³/mol. The molecule has 0 amide bonds. The van der Waals surface area contributed by atoms with Gasteiger partial charge in [0.05, 0.1) is 17.8 Å². The molecular weight excluding hydrogens is 340 g/mol. The van der Waals surface area contributed by atoms with Crippen molar-refractivity contribution < 1.29 is 0 Å². The lowest BCUT2D eigenvalue weighted by Gasteiger charge is -2.27. The largest absolute Gasteiger partial charge is 0.352 e. The standard InChI is InChI=1S/C21H28N4S/c1-2-13-25-20(19(23-21(25)26)18-10-6-7-12-22-18)16-11-14-24(15-16)17-8-4-3-5-9-17/h6-7,10-12,14-15,17,19-20H,2-5,8-9,13H2,1H3,(H,23,26)/t19-,20-/m1/s1. The van der Waals surface area contributed by atoms with Crippen LogP contribution in [0.5, 0.6) is 0 Å². The van der Waals surface area contributed by atoms with Crippen LogP contribution in [-0.4, -0.2) is 26.1 Å². The van der Waals surface area contributed by atoms with Crippen molar-refractivity contribution >= 4 is 17.3 Å². The van der Waals surface area contributed by atoms with Crippen LogP contribution in [0.2, 0.25) is 0 Å². The zero-order valence-electron chi connectivity index (χ0n) is 15.5. The minimum atomic E-state index is 0.109. The van der Waals surface area contributed by atoms with E-state index in [-0.39, 0.29) is 12.1 Å². The van der Waals surface area contributed by atoms with E-state index < -0.39 is 0 Å². The smallest absolute Gasteiger partial charge is 0.170 e. The SMILES string of the molecule is CCCN1C(=S)N[C@H](c2ccccn2)[C@H]1c1ccn(C2CCCCC2)c1. The molecule has 1 aliphatic heterocycles. The minimum Gasteiger partial charge on any atom is -0.352 e. The summed E-state index contributed by atoms with van der Waals surface area (Å²) in [5, 5.41) is 4.37. The van der Waals surface area contributed by atoms with E-state index in [9.17, 15) is 0 Å². The lowest BCUT2D eigenvalue weighted by molar-refractivity contribution is 0.315. The number of nitrogens with one attached hydrogen (secondary N) is 1. The Labute approximate surface area is 161 Å². The Hall–Kier alpha value is -1.88. The molecule has 1 saturated heterocycles. The highest BCUT2D eigenvalue weighted by Gasteiger charge is 2.39. The molecule has 1 N–H and O–H groups in total. The monoisotopic (exact) mass is 368 g/mol. The van der Waals surface area contributed by atoms with Gasteiger partial charge in [-0.25, -0.2) is 0 Å². The van der Waals surface area contributed by atoms with Crippen molar-refractivity contribution in [3.05, 3.63) is 54.1 Å². The summed E-state index contributed by atoms with van der Waals surface area (Å²) in [7, 11) is 0. The van der Waals surface area contributed by atoms with E-state index in [2.05, 4.69) is 57.3 Å². The molecule has 2 atom stereocenters. The molecule has 5 heteroatoms. The fourth-order valence-electron chi connectivity index (χ4n) is 4.46. The van der Waals surface area contributed by atoms with Crippen LogP contribution in [0.4, 0.5) is 0 Å². The van der Waals surface area contributed by atoms with Gasteiger partial charge < -0.3 is 14.8 Å². The predicted octanol–water partition coefficient (Wildman–Crippen LogP) is 4.77. The third-order valence-electron chi connectivity index (χ3n) is 5.74. The molecule has 0 bridgehead atoms. The summed E-state index contributed by atoms with van der Waals surface area (Å²) < 4.78 is 2.44. The van der Waals surface area contributed by atoms with Crippen molar-refractivity contribution in [1.82, 2.24) is 19.8 Å². The summed E-state index contributed by atoms with van der Waals surface area (Å²) in [6.45, 7) is 3.18. The van der Waals surface area contributed by atoms with Gasteiger partial charge in [0.2, 0.25) is 0 Å². The van der Waals surface area contributed by atoms with Crippen LogP contribution in [0.1, 0.15) is 74.8 Å². The summed E-state index contributed by atoms with van der Waals surface area (Å²) >= 11 is 5.67. The van der Waals surface area contributed by atoms with Gasteiger partial charge in [-0.3, -0.25) is 4.98 Å². The highest BCUT2D eigenvalue weighted by molar-refractivity contribution is 7.80. The van der Waals surface area contributed by atoms with E-state index in [4.69, 9.17) is 12.2 Å². The second kappa shape index (κ2) is 7.78. The van der Waals surface area contributed by atoms with Gasteiger partial charge in [-0.1, -0.05) is 32.3 Å². The molecule has 0 aromatic carbocycles. The van der Waals surface area contributed by atoms with E-state index >= 15 is 0 Å². The van der Waals surface area contributed by atoms with Crippen LogP contribution in [0.3, 0.4) is 0 Å². The first-order valence-corrected chi connectivity index (χ1v) is 10.3. The van der Waals surface area contributed by atoms with E-state index in [0.717, 1.165) is 23.8 Å². The Bertz CT molecular complexity index is 735. The van der Waals surface area contributed by atoms with Crippen LogP contribution < -0.4 is 5.32 Å². The average molecular weight is 369 g/mol. The van der Waals surface area contributed by atoms with Gasteiger partial charge in [0, 0.05) is 31.2 Å². The van der Waals surface area contributed by atoms with Gasteiger partial charge >= 0.3 is 0 Å². The van der Waals surface area contributed by atoms with E-state index in [1.807, 2.05) is 12.3 Å². The lowest BCUT2D eigenvalue weighted by Crippen LogP contribution is -2.30. The number of pyridine rings is 1. The summed E-state index contributed by atoms with van der Waals surface area (Å²) in [6.07, 6.45) is 14.3. The molecule has 4 nitrogen and oxygen atoms in total. The molecule has 2 aliphatic rings. The van der Waals surface area contributed by atoms with E-state index in [0.29, 0.717) is 6.04 Å². The van der Waals surface area contributed by atoms with Crippen molar-refractivity contribution in [3.8, 4) is 0 Å². The second-order valence-electron chi connectivity index (χ2n) is 7.50. The molecule has 3 heterocycles. The van der Waals surface area contributed by atoms with Gasteiger partial charge in [-0.15, -0.1) is 0 Å². The molecule has 138 valence electrons. The molecule has 2 aromatic heterocycles. The van der Waals surface area contributed by atoms with Crippen LogP contribution in [0.15, 0.2) is 42.9 Å². The van der Waals surface area contributed by atoms with Gasteiger partial charge in [-0.2, -0.15) is 0 Å². The maximum Gasteiger partial charge on any atom is 0.170 e. The fourth-order valence-corrected chi connectivity index (χ4v) is 4.79. The van der Waals surface area contributed by atoms with Crippen LogP contribution in [0, 0.1) is 0 Å². The summed E-state index contributed by atoms with van der Waals surface area (Å²) in [5.74, 6) is 0. The maximum absolute atomic E-state index is 5.67. The zero-order chi connectivity index (χ0) is 17.9. The van der Waals surface area contributed by atoms with Gasteiger partial charge in [0.25, 0.3) is 0 Å². The molecule has 1 saturated carbocycles. The zero-order valence-corrected chi connectivity index (χ0v) is 16.3. The van der Waals surface area contributed by atoms with E-state index in [1.165, 1.54) is 37.7 Å². The number of rotatable bonds is 5. The Kier molecular flexibility index (Phi) is 5.25. The number of thiocarbonyl (C=S) groups is 1. The molecule has 0 spiro atoms. The molecule has 4 rings (SSSR count). The van der Waals surface area contributed by atoms with E-state index in [1.54, 1.807) is 0 Å². The normalized spacial score (nSPS) is 24.0. The first kappa shape index (κ1) is 17.5. The molecule has 1 aliphatic carbocycles. The highest BCUT2D eigenvalue weighted by atomic mass is 32.1. The molecule has 2 aromatic rings. The third kappa shape index (κ3) is 3.37. The highest BCUT2D eigenvalue weighted by Crippen LogP contribution is 2.39. The van der Waals surface area contributed by atoms with Crippen LogP contribution in [-0.2, 0) is 0 Å². The van der Waals surface area contributed by atoms with Crippen molar-refractivity contribution in [2.24, 2.45) is 0 Å². The van der Waals surface area contributed by atoms with Crippen molar-refractivity contribution in [3.63, 3.8) is 0 Å². The Morgan fingerprint density at radius 3 is 2.77 bits per heavy atom. The van der Waals surface area contributed by atoms with Crippen LogP contribution in [0.25, 0.3) is 0 Å². The molecule has 26 heavy (non-hydrogen) atoms. The summed E-state index contributed by atoms with van der Waals surface area (Å²) in [5.41, 5.74) is 2.40. The number of hydrogen-bond acceptors (Lipinski definition) is 2. The third-order valence-corrected chi connectivity index (χ3v) is 6.09. The Morgan fingerprint density at radius 1 is 1.19 bits per heavy atom. The fraction of sp³-hybridized carbons (Fsp3) is 0.524. The maximum atomic E-state index is 5.67. The second-order valence-corrected chi connectivity index (χ2v) is 7.89. The number of nitrogens with zero attached hydrogens (tertiary/aromatic N) is 3. The van der Waals surface area contributed by atoms with Crippen molar-refractivity contribution in [1.29, 1.82) is 0 Å². The molecule has 2 fully saturated rings. The number of hydrogen-bond donors (Lipinski definition) is 1. The number of aromatic nitrogens is 2. The molecule has 0 radical (unpaired) electrons. The summed E-state index contributed by atoms with van der Waals surface area (Å²) in [6, 6.07) is 9.38. The van der Waals surface area contributed by atoms with Gasteiger partial charge in [0.15, 0.2) is 5.11 Å². The lowest BCUT2D eigenvalue weighted by atomic mass is 9.95. The van der Waals surface area contributed by atoms with Crippen molar-refractivity contribution in [2.45, 2.75) is 63.6 Å². The molecule has 0 unspecified atom stereocenters. The van der Waals surface area contributed by atoms with Gasteiger partial charge in [0.1, 0.15) is 0 Å².